The number of benzene rings is 1. The summed E-state index contributed by atoms with van der Waals surface area (Å²) in [5, 5.41) is 0.832. The molecule has 0 bridgehead atoms. The molecule has 2 rings (SSSR count). The van der Waals surface area contributed by atoms with Crippen LogP contribution in [0.4, 0.5) is 0 Å². The van der Waals surface area contributed by atoms with Crippen LogP contribution in [0.15, 0.2) is 30.3 Å². The zero-order valence-corrected chi connectivity index (χ0v) is 15.2. The van der Waals surface area contributed by atoms with Crippen molar-refractivity contribution in [2.75, 3.05) is 6.26 Å². The van der Waals surface area contributed by atoms with Gasteiger partial charge in [0.25, 0.3) is 6.57 Å². The van der Waals surface area contributed by atoms with Gasteiger partial charge in [-0.25, -0.2) is 0 Å². The van der Waals surface area contributed by atoms with Gasteiger partial charge in [-0.05, 0) is 49.0 Å². The van der Waals surface area contributed by atoms with E-state index in [4.69, 9.17) is 4.52 Å². The minimum absolute atomic E-state index is 0.118. The first-order valence-electron chi connectivity index (χ1n) is 7.86. The summed E-state index contributed by atoms with van der Waals surface area (Å²) >= 11 is 1.37. The summed E-state index contributed by atoms with van der Waals surface area (Å²) in [5.41, 5.74) is 0. The van der Waals surface area contributed by atoms with Crippen molar-refractivity contribution in [2.24, 2.45) is 17.8 Å². The highest BCUT2D eigenvalue weighted by Gasteiger charge is 2.37. The Labute approximate surface area is 133 Å². The van der Waals surface area contributed by atoms with Gasteiger partial charge >= 0.3 is 0 Å². The molecule has 0 spiro atoms. The lowest BCUT2D eigenvalue weighted by Gasteiger charge is -2.38. The van der Waals surface area contributed by atoms with E-state index in [-0.39, 0.29) is 6.10 Å². The Morgan fingerprint density at radius 2 is 1.90 bits per heavy atom. The molecule has 1 aliphatic rings. The molecule has 0 radical (unpaired) electrons. The van der Waals surface area contributed by atoms with E-state index >= 15 is 0 Å². The highest BCUT2D eigenvalue weighted by Crippen LogP contribution is 2.59. The van der Waals surface area contributed by atoms with Gasteiger partial charge in [0.15, 0.2) is 0 Å². The first kappa shape index (κ1) is 17.1. The minimum atomic E-state index is -2.81. The molecule has 0 N–H and O–H groups in total. The fraction of sp³-hybridized carbons (Fsp3) is 0.647. The molecule has 4 heteroatoms. The summed E-state index contributed by atoms with van der Waals surface area (Å²) in [5.74, 6) is 1.76. The minimum Gasteiger partial charge on any atom is -0.314 e. The zero-order chi connectivity index (χ0) is 15.5. The average Bonchev–Trinajstić information content (AvgIpc) is 2.47. The first-order valence-corrected chi connectivity index (χ1v) is 11.3. The van der Waals surface area contributed by atoms with Crippen LogP contribution in [0.25, 0.3) is 0 Å². The van der Waals surface area contributed by atoms with Crippen molar-refractivity contribution >= 4 is 23.3 Å². The third-order valence-electron chi connectivity index (χ3n) is 4.55. The molecule has 0 heterocycles. The standard InChI is InChI=1S/C17H27O2PS/c1-13(2)16-11-10-14(3)12-17(16)19-20(18,21-4)15-8-6-5-7-9-15/h5-9,13-14,16-17H,10-12H2,1-4H3. The van der Waals surface area contributed by atoms with Gasteiger partial charge in [0.1, 0.15) is 0 Å². The largest absolute Gasteiger partial charge is 0.314 e. The predicted octanol–water partition coefficient (Wildman–Crippen LogP) is 5.35. The lowest BCUT2D eigenvalue weighted by atomic mass is 9.75. The fourth-order valence-corrected chi connectivity index (χ4v) is 6.38. The van der Waals surface area contributed by atoms with E-state index in [0.29, 0.717) is 17.8 Å². The second-order valence-electron chi connectivity index (χ2n) is 6.49. The van der Waals surface area contributed by atoms with Gasteiger partial charge < -0.3 is 4.52 Å². The van der Waals surface area contributed by atoms with Gasteiger partial charge in [-0.3, -0.25) is 4.57 Å². The molecule has 4 unspecified atom stereocenters. The molecule has 2 nitrogen and oxygen atoms in total. The molecule has 0 aromatic heterocycles. The Morgan fingerprint density at radius 3 is 2.48 bits per heavy atom. The van der Waals surface area contributed by atoms with E-state index in [2.05, 4.69) is 20.8 Å². The van der Waals surface area contributed by atoms with Gasteiger partial charge in [0, 0.05) is 5.30 Å². The smallest absolute Gasteiger partial charge is 0.287 e. The second kappa shape index (κ2) is 7.35. The molecule has 0 amide bonds. The molecule has 1 saturated carbocycles. The molecular formula is C17H27O2PS. The SMILES string of the molecule is CSP(=O)(OC1CC(C)CCC1C(C)C)c1ccccc1. The van der Waals surface area contributed by atoms with Crippen LogP contribution in [0.1, 0.15) is 40.0 Å². The monoisotopic (exact) mass is 326 g/mol. The maximum atomic E-state index is 13.3. The van der Waals surface area contributed by atoms with Crippen LogP contribution >= 0.6 is 18.0 Å². The summed E-state index contributed by atoms with van der Waals surface area (Å²) in [6.07, 6.45) is 5.49. The fourth-order valence-electron chi connectivity index (χ4n) is 3.23. The summed E-state index contributed by atoms with van der Waals surface area (Å²) in [6.45, 7) is 3.98. The predicted molar refractivity (Wildman–Crippen MR) is 93.4 cm³/mol. The summed E-state index contributed by atoms with van der Waals surface area (Å²) in [4.78, 5) is 0. The molecule has 1 fully saturated rings. The maximum Gasteiger partial charge on any atom is 0.287 e. The Hall–Kier alpha value is -0.240. The van der Waals surface area contributed by atoms with Crippen LogP contribution in [0.5, 0.6) is 0 Å². The Balaban J connectivity index is 2.21. The molecule has 4 atom stereocenters. The normalized spacial score (nSPS) is 29.3. The van der Waals surface area contributed by atoms with Gasteiger partial charge in [0.2, 0.25) is 0 Å². The van der Waals surface area contributed by atoms with Crippen molar-refractivity contribution in [3.8, 4) is 0 Å². The van der Waals surface area contributed by atoms with Gasteiger partial charge in [-0.1, -0.05) is 56.8 Å². The highest BCUT2D eigenvalue weighted by atomic mass is 32.7. The van der Waals surface area contributed by atoms with Crippen molar-refractivity contribution < 1.29 is 9.09 Å². The van der Waals surface area contributed by atoms with E-state index in [0.717, 1.165) is 11.7 Å². The molecule has 21 heavy (non-hydrogen) atoms. The molecule has 118 valence electrons. The molecule has 1 aromatic carbocycles. The number of rotatable bonds is 5. The van der Waals surface area contributed by atoms with Gasteiger partial charge in [0.05, 0.1) is 6.10 Å². The van der Waals surface area contributed by atoms with Crippen LogP contribution in [0, 0.1) is 17.8 Å². The Kier molecular flexibility index (Phi) is 5.99. The maximum absolute atomic E-state index is 13.3. The van der Waals surface area contributed by atoms with Crippen molar-refractivity contribution in [1.82, 2.24) is 0 Å². The lowest BCUT2D eigenvalue weighted by Crippen LogP contribution is -2.34. The van der Waals surface area contributed by atoms with Crippen molar-refractivity contribution in [3.63, 3.8) is 0 Å². The van der Waals surface area contributed by atoms with Crippen LogP contribution in [-0.2, 0) is 9.09 Å². The van der Waals surface area contributed by atoms with Crippen LogP contribution in [0.2, 0.25) is 0 Å². The quantitative estimate of drug-likeness (QED) is 0.683. The first-order chi connectivity index (χ1) is 9.96. The number of hydrogen-bond acceptors (Lipinski definition) is 3. The molecule has 1 aliphatic carbocycles. The summed E-state index contributed by atoms with van der Waals surface area (Å²) in [6, 6.07) is 9.67. The third kappa shape index (κ3) is 4.15. The number of hydrogen-bond donors (Lipinski definition) is 0. The van der Waals surface area contributed by atoms with Crippen molar-refractivity contribution in [1.29, 1.82) is 0 Å². The lowest BCUT2D eigenvalue weighted by molar-refractivity contribution is 0.0527. The highest BCUT2D eigenvalue weighted by molar-refractivity contribution is 8.58. The van der Waals surface area contributed by atoms with Crippen molar-refractivity contribution in [2.45, 2.75) is 46.1 Å². The van der Waals surface area contributed by atoms with E-state index < -0.39 is 6.57 Å². The van der Waals surface area contributed by atoms with Crippen LogP contribution in [-0.4, -0.2) is 12.4 Å². The molecular weight excluding hydrogens is 299 g/mol. The Morgan fingerprint density at radius 1 is 1.24 bits per heavy atom. The van der Waals surface area contributed by atoms with E-state index in [1.165, 1.54) is 24.2 Å². The van der Waals surface area contributed by atoms with E-state index in [1.54, 1.807) is 0 Å². The topological polar surface area (TPSA) is 26.3 Å². The summed E-state index contributed by atoms with van der Waals surface area (Å²) < 4.78 is 19.5. The van der Waals surface area contributed by atoms with Crippen LogP contribution in [0.3, 0.4) is 0 Å². The van der Waals surface area contributed by atoms with E-state index in [9.17, 15) is 4.57 Å². The third-order valence-corrected chi connectivity index (χ3v) is 8.84. The van der Waals surface area contributed by atoms with Gasteiger partial charge in [-0.15, -0.1) is 0 Å². The van der Waals surface area contributed by atoms with E-state index in [1.807, 2.05) is 36.6 Å². The van der Waals surface area contributed by atoms with Crippen LogP contribution < -0.4 is 5.30 Å². The Bertz CT molecular complexity index is 489. The second-order valence-corrected chi connectivity index (χ2v) is 11.1. The zero-order valence-electron chi connectivity index (χ0n) is 13.5. The van der Waals surface area contributed by atoms with Gasteiger partial charge in [-0.2, -0.15) is 0 Å². The molecule has 1 aromatic rings. The average molecular weight is 326 g/mol. The molecule has 0 saturated heterocycles. The van der Waals surface area contributed by atoms with Crippen molar-refractivity contribution in [3.05, 3.63) is 30.3 Å². The summed E-state index contributed by atoms with van der Waals surface area (Å²) in [7, 11) is 0. The molecule has 0 aliphatic heterocycles.